The molecule has 22 heavy (non-hydrogen) atoms. The third kappa shape index (κ3) is 6.28. The number of rotatable bonds is 8. The van der Waals surface area contributed by atoms with Crippen molar-refractivity contribution in [2.24, 2.45) is 0 Å². The van der Waals surface area contributed by atoms with E-state index in [1.807, 2.05) is 31.1 Å². The van der Waals surface area contributed by atoms with E-state index in [1.165, 1.54) is 18.4 Å². The molecule has 0 saturated heterocycles. The Morgan fingerprint density at radius 3 is 2.36 bits per heavy atom. The first kappa shape index (κ1) is 18.2. The summed E-state index contributed by atoms with van der Waals surface area (Å²) in [6, 6.07) is 10.4. The smallest absolute Gasteiger partial charge is 0.225 e. The SMILES string of the molecule is CCCCc1ccc(CC(=O)N[C@](C)(C#N)CN(C)C)cc1. The summed E-state index contributed by atoms with van der Waals surface area (Å²) in [7, 11) is 3.77. The molecule has 0 spiro atoms. The number of unbranched alkanes of at least 4 members (excludes halogenated alkanes) is 1. The minimum absolute atomic E-state index is 0.118. The van der Waals surface area contributed by atoms with Crippen molar-refractivity contribution in [2.45, 2.75) is 45.1 Å². The maximum Gasteiger partial charge on any atom is 0.225 e. The van der Waals surface area contributed by atoms with Gasteiger partial charge in [-0.15, -0.1) is 0 Å². The molecule has 0 aliphatic rings. The zero-order valence-electron chi connectivity index (χ0n) is 14.1. The molecule has 0 aliphatic carbocycles. The molecule has 120 valence electrons. The molecule has 1 atom stereocenters. The van der Waals surface area contributed by atoms with Crippen molar-refractivity contribution < 1.29 is 4.79 Å². The Bertz CT molecular complexity index is 516. The Balaban J connectivity index is 2.59. The number of nitrogens with zero attached hydrogens (tertiary/aromatic N) is 2. The lowest BCUT2D eigenvalue weighted by Crippen LogP contribution is -2.51. The van der Waals surface area contributed by atoms with Gasteiger partial charge in [-0.2, -0.15) is 5.26 Å². The maximum absolute atomic E-state index is 12.1. The van der Waals surface area contributed by atoms with Gasteiger partial charge in [0.15, 0.2) is 0 Å². The Morgan fingerprint density at radius 1 is 1.27 bits per heavy atom. The van der Waals surface area contributed by atoms with Crippen LogP contribution in [0.4, 0.5) is 0 Å². The average molecular weight is 301 g/mol. The third-order valence-electron chi connectivity index (χ3n) is 3.50. The van der Waals surface area contributed by atoms with Crippen molar-refractivity contribution in [3.05, 3.63) is 35.4 Å². The molecular formula is C18H27N3O. The molecule has 4 nitrogen and oxygen atoms in total. The zero-order valence-corrected chi connectivity index (χ0v) is 14.1. The molecule has 1 N–H and O–H groups in total. The molecule has 1 aromatic rings. The van der Waals surface area contributed by atoms with Gasteiger partial charge in [-0.25, -0.2) is 0 Å². The lowest BCUT2D eigenvalue weighted by molar-refractivity contribution is -0.121. The molecule has 1 rings (SSSR count). The van der Waals surface area contributed by atoms with Crippen LogP contribution in [0.15, 0.2) is 24.3 Å². The van der Waals surface area contributed by atoms with Crippen LogP contribution in [0.5, 0.6) is 0 Å². The van der Waals surface area contributed by atoms with Crippen molar-refractivity contribution in [2.75, 3.05) is 20.6 Å². The van der Waals surface area contributed by atoms with E-state index < -0.39 is 5.54 Å². The van der Waals surface area contributed by atoms with Gasteiger partial charge in [0.05, 0.1) is 12.5 Å². The summed E-state index contributed by atoms with van der Waals surface area (Å²) in [4.78, 5) is 14.0. The number of likely N-dealkylation sites (N-methyl/N-ethyl adjacent to an activating group) is 1. The van der Waals surface area contributed by atoms with Crippen LogP contribution in [0.2, 0.25) is 0 Å². The van der Waals surface area contributed by atoms with Crippen LogP contribution < -0.4 is 5.32 Å². The summed E-state index contributed by atoms with van der Waals surface area (Å²) in [5.74, 6) is -0.118. The second-order valence-corrected chi connectivity index (χ2v) is 6.33. The van der Waals surface area contributed by atoms with Gasteiger partial charge in [-0.1, -0.05) is 37.6 Å². The van der Waals surface area contributed by atoms with Gasteiger partial charge >= 0.3 is 0 Å². The number of aryl methyl sites for hydroxylation is 1. The van der Waals surface area contributed by atoms with Crippen LogP contribution in [-0.4, -0.2) is 37.0 Å². The summed E-state index contributed by atoms with van der Waals surface area (Å²) in [5.41, 5.74) is 1.42. The highest BCUT2D eigenvalue weighted by atomic mass is 16.1. The van der Waals surface area contributed by atoms with Crippen molar-refractivity contribution in [1.29, 1.82) is 5.26 Å². The van der Waals surface area contributed by atoms with Crippen LogP contribution in [0, 0.1) is 11.3 Å². The first-order valence-electron chi connectivity index (χ1n) is 7.83. The number of hydrogen-bond acceptors (Lipinski definition) is 3. The minimum atomic E-state index is -0.859. The van der Waals surface area contributed by atoms with Crippen molar-refractivity contribution in [1.82, 2.24) is 10.2 Å². The Labute approximate surface area is 134 Å². The monoisotopic (exact) mass is 301 g/mol. The standard InChI is InChI=1S/C18H27N3O/c1-5-6-7-15-8-10-16(11-9-15)12-17(22)20-18(2,13-19)14-21(3)4/h8-11H,5-7,12,14H2,1-4H3,(H,20,22)/t18-/m1/s1. The van der Waals surface area contributed by atoms with E-state index in [1.54, 1.807) is 6.92 Å². The van der Waals surface area contributed by atoms with Crippen molar-refractivity contribution in [3.63, 3.8) is 0 Å². The van der Waals surface area contributed by atoms with E-state index in [0.29, 0.717) is 13.0 Å². The van der Waals surface area contributed by atoms with E-state index in [0.717, 1.165) is 12.0 Å². The Kier molecular flexibility index (Phi) is 7.07. The topological polar surface area (TPSA) is 56.1 Å². The van der Waals surface area contributed by atoms with Crippen molar-refractivity contribution in [3.8, 4) is 6.07 Å². The molecule has 1 aromatic carbocycles. The quantitative estimate of drug-likeness (QED) is 0.803. The molecule has 0 radical (unpaired) electrons. The van der Waals surface area contributed by atoms with Gasteiger partial charge in [0.1, 0.15) is 5.54 Å². The van der Waals surface area contributed by atoms with Gasteiger partial charge < -0.3 is 10.2 Å². The summed E-state index contributed by atoms with van der Waals surface area (Å²) in [5, 5.41) is 12.1. The van der Waals surface area contributed by atoms with Crippen LogP contribution in [0.25, 0.3) is 0 Å². The number of carbonyl (C=O) groups is 1. The summed E-state index contributed by atoms with van der Waals surface area (Å²) >= 11 is 0. The number of benzene rings is 1. The van der Waals surface area contributed by atoms with E-state index >= 15 is 0 Å². The number of nitrogens with one attached hydrogen (secondary N) is 1. The lowest BCUT2D eigenvalue weighted by Gasteiger charge is -2.26. The number of nitriles is 1. The van der Waals surface area contributed by atoms with E-state index in [9.17, 15) is 10.1 Å². The second-order valence-electron chi connectivity index (χ2n) is 6.33. The number of carbonyl (C=O) groups excluding carboxylic acids is 1. The summed E-state index contributed by atoms with van der Waals surface area (Å²) in [6.45, 7) is 4.42. The molecule has 0 fully saturated rings. The first-order valence-corrected chi connectivity index (χ1v) is 7.83. The molecule has 0 heterocycles. The highest BCUT2D eigenvalue weighted by molar-refractivity contribution is 5.79. The summed E-state index contributed by atoms with van der Waals surface area (Å²) < 4.78 is 0. The molecule has 0 saturated carbocycles. The largest absolute Gasteiger partial charge is 0.337 e. The molecule has 0 aromatic heterocycles. The lowest BCUT2D eigenvalue weighted by atomic mass is 10.0. The second kappa shape index (κ2) is 8.55. The van der Waals surface area contributed by atoms with Gasteiger partial charge in [-0.05, 0) is 45.0 Å². The minimum Gasteiger partial charge on any atom is -0.337 e. The predicted octanol–water partition coefficient (Wildman–Crippen LogP) is 2.53. The first-order chi connectivity index (χ1) is 10.4. The molecule has 1 amide bonds. The Hall–Kier alpha value is -1.86. The van der Waals surface area contributed by atoms with Gasteiger partial charge in [0, 0.05) is 6.54 Å². The normalized spacial score (nSPS) is 13.5. The highest BCUT2D eigenvalue weighted by Crippen LogP contribution is 2.10. The molecule has 0 bridgehead atoms. The van der Waals surface area contributed by atoms with E-state index in [2.05, 4.69) is 30.4 Å². The van der Waals surface area contributed by atoms with Gasteiger partial charge in [-0.3, -0.25) is 4.79 Å². The fraction of sp³-hybridized carbons (Fsp3) is 0.556. The third-order valence-corrected chi connectivity index (χ3v) is 3.50. The molecular weight excluding hydrogens is 274 g/mol. The Morgan fingerprint density at radius 2 is 1.86 bits per heavy atom. The van der Waals surface area contributed by atoms with Crippen LogP contribution in [0.3, 0.4) is 0 Å². The maximum atomic E-state index is 12.1. The molecule has 0 aliphatic heterocycles. The van der Waals surface area contributed by atoms with Crippen LogP contribution in [0.1, 0.15) is 37.8 Å². The fourth-order valence-corrected chi connectivity index (χ4v) is 2.48. The van der Waals surface area contributed by atoms with E-state index in [-0.39, 0.29) is 5.91 Å². The number of hydrogen-bond donors (Lipinski definition) is 1. The fourth-order valence-electron chi connectivity index (χ4n) is 2.48. The van der Waals surface area contributed by atoms with Gasteiger partial charge in [0.2, 0.25) is 5.91 Å². The van der Waals surface area contributed by atoms with Gasteiger partial charge in [0.25, 0.3) is 0 Å². The molecule has 4 heteroatoms. The summed E-state index contributed by atoms with van der Waals surface area (Å²) in [6.07, 6.45) is 3.75. The molecule has 0 unspecified atom stereocenters. The number of amides is 1. The van der Waals surface area contributed by atoms with Crippen LogP contribution in [-0.2, 0) is 17.6 Å². The predicted molar refractivity (Wildman–Crippen MR) is 89.5 cm³/mol. The van der Waals surface area contributed by atoms with Crippen molar-refractivity contribution >= 4 is 5.91 Å². The highest BCUT2D eigenvalue weighted by Gasteiger charge is 2.26. The zero-order chi connectivity index (χ0) is 16.6. The average Bonchev–Trinajstić information content (AvgIpc) is 2.45. The van der Waals surface area contributed by atoms with E-state index in [4.69, 9.17) is 0 Å². The van der Waals surface area contributed by atoms with Crippen LogP contribution >= 0.6 is 0 Å².